The van der Waals surface area contributed by atoms with Gasteiger partial charge in [-0.15, -0.1) is 0 Å². The third-order valence-corrected chi connectivity index (χ3v) is 4.91. The molecule has 0 bridgehead atoms. The van der Waals surface area contributed by atoms with Crippen molar-refractivity contribution in [2.45, 2.75) is 0 Å². The van der Waals surface area contributed by atoms with Crippen molar-refractivity contribution < 1.29 is 9.90 Å². The third-order valence-electron chi connectivity index (χ3n) is 4.91. The summed E-state index contributed by atoms with van der Waals surface area (Å²) < 4.78 is 2.20. The lowest BCUT2D eigenvalue weighted by Crippen LogP contribution is -1.96. The fourth-order valence-corrected chi connectivity index (χ4v) is 3.70. The number of para-hydroxylation sites is 1. The van der Waals surface area contributed by atoms with Gasteiger partial charge in [0.2, 0.25) is 0 Å². The van der Waals surface area contributed by atoms with Crippen LogP contribution < -0.4 is 0 Å². The van der Waals surface area contributed by atoms with E-state index in [1.54, 1.807) is 12.1 Å². The van der Waals surface area contributed by atoms with Crippen LogP contribution in [0.3, 0.4) is 0 Å². The van der Waals surface area contributed by atoms with Crippen LogP contribution in [0.5, 0.6) is 0 Å². The number of fused-ring (bicyclic) bond motifs is 4. The molecule has 0 amide bonds. The van der Waals surface area contributed by atoms with E-state index in [2.05, 4.69) is 41.0 Å². The molecule has 26 heavy (non-hydrogen) atoms. The van der Waals surface area contributed by atoms with Crippen molar-refractivity contribution in [1.82, 2.24) is 4.57 Å². The molecule has 0 saturated carbocycles. The Bertz CT molecular complexity index is 1310. The molecule has 0 unspecified atom stereocenters. The van der Waals surface area contributed by atoms with Gasteiger partial charge in [-0.3, -0.25) is 0 Å². The Morgan fingerprint density at radius 1 is 0.692 bits per heavy atom. The molecule has 0 atom stereocenters. The molecule has 0 aliphatic heterocycles. The zero-order chi connectivity index (χ0) is 17.7. The summed E-state index contributed by atoms with van der Waals surface area (Å²) in [4.78, 5) is 11.4. The van der Waals surface area contributed by atoms with Gasteiger partial charge in [-0.25, -0.2) is 4.79 Å². The summed E-state index contributed by atoms with van der Waals surface area (Å²) >= 11 is 0. The number of rotatable bonds is 2. The van der Waals surface area contributed by atoms with E-state index in [4.69, 9.17) is 0 Å². The van der Waals surface area contributed by atoms with Gasteiger partial charge in [0.25, 0.3) is 0 Å². The molecular formula is C23H15NO2. The molecule has 3 heteroatoms. The molecule has 5 aromatic rings. The topological polar surface area (TPSA) is 42.2 Å². The normalized spacial score (nSPS) is 11.4. The maximum absolute atomic E-state index is 11.4. The van der Waals surface area contributed by atoms with Crippen molar-refractivity contribution in [3.05, 3.63) is 90.5 Å². The molecule has 0 aliphatic carbocycles. The smallest absolute Gasteiger partial charge is 0.335 e. The Labute approximate surface area is 149 Å². The maximum atomic E-state index is 11.4. The SMILES string of the molecule is O=C(O)c1ccc2c(c1)c1ccccc1n2-c1ccc2ccccc2c1. The van der Waals surface area contributed by atoms with Gasteiger partial charge in [-0.2, -0.15) is 0 Å². The molecule has 1 aromatic heterocycles. The Morgan fingerprint density at radius 3 is 2.27 bits per heavy atom. The van der Waals surface area contributed by atoms with E-state index in [0.717, 1.165) is 27.5 Å². The first-order valence-corrected chi connectivity index (χ1v) is 8.48. The average molecular weight is 337 g/mol. The first-order valence-electron chi connectivity index (χ1n) is 8.48. The lowest BCUT2D eigenvalue weighted by molar-refractivity contribution is 0.0697. The first kappa shape index (κ1) is 14.7. The number of benzene rings is 4. The highest BCUT2D eigenvalue weighted by molar-refractivity contribution is 6.11. The maximum Gasteiger partial charge on any atom is 0.335 e. The summed E-state index contributed by atoms with van der Waals surface area (Å²) in [5.41, 5.74) is 3.45. The van der Waals surface area contributed by atoms with Crippen molar-refractivity contribution in [1.29, 1.82) is 0 Å². The highest BCUT2D eigenvalue weighted by atomic mass is 16.4. The second-order valence-electron chi connectivity index (χ2n) is 6.42. The van der Waals surface area contributed by atoms with Gasteiger partial charge in [0.15, 0.2) is 0 Å². The van der Waals surface area contributed by atoms with Crippen molar-refractivity contribution in [3.63, 3.8) is 0 Å². The third kappa shape index (κ3) is 2.11. The molecule has 124 valence electrons. The summed E-state index contributed by atoms with van der Waals surface area (Å²) in [6, 6.07) is 28.1. The summed E-state index contributed by atoms with van der Waals surface area (Å²) in [6.07, 6.45) is 0. The number of carboxylic acids is 1. The largest absolute Gasteiger partial charge is 0.478 e. The van der Waals surface area contributed by atoms with Crippen molar-refractivity contribution >= 4 is 38.5 Å². The second kappa shape index (κ2) is 5.46. The van der Waals surface area contributed by atoms with E-state index in [9.17, 15) is 9.90 Å². The number of carboxylic acid groups (broad SMARTS) is 1. The van der Waals surface area contributed by atoms with Gasteiger partial charge in [-0.05, 0) is 47.2 Å². The average Bonchev–Trinajstić information content (AvgIpc) is 3.01. The van der Waals surface area contributed by atoms with Crippen molar-refractivity contribution in [2.75, 3.05) is 0 Å². The highest BCUT2D eigenvalue weighted by Crippen LogP contribution is 2.33. The van der Waals surface area contributed by atoms with Gasteiger partial charge in [0.05, 0.1) is 16.6 Å². The molecule has 1 heterocycles. The highest BCUT2D eigenvalue weighted by Gasteiger charge is 2.14. The molecule has 0 saturated heterocycles. The van der Waals surface area contributed by atoms with Crippen LogP contribution in [0.1, 0.15) is 10.4 Å². The first-order chi connectivity index (χ1) is 12.7. The van der Waals surface area contributed by atoms with Crippen LogP contribution in [-0.2, 0) is 0 Å². The molecule has 0 spiro atoms. The summed E-state index contributed by atoms with van der Waals surface area (Å²) in [5, 5.41) is 13.7. The van der Waals surface area contributed by atoms with E-state index < -0.39 is 5.97 Å². The Balaban J connectivity index is 1.89. The van der Waals surface area contributed by atoms with E-state index in [1.165, 1.54) is 10.8 Å². The van der Waals surface area contributed by atoms with E-state index in [0.29, 0.717) is 5.56 Å². The van der Waals surface area contributed by atoms with Gasteiger partial charge in [-0.1, -0.05) is 48.5 Å². The summed E-state index contributed by atoms with van der Waals surface area (Å²) in [5.74, 6) is -0.908. The minimum Gasteiger partial charge on any atom is -0.478 e. The van der Waals surface area contributed by atoms with Crippen LogP contribution in [0.2, 0.25) is 0 Å². The lowest BCUT2D eigenvalue weighted by Gasteiger charge is -2.09. The Morgan fingerprint density at radius 2 is 1.42 bits per heavy atom. The van der Waals surface area contributed by atoms with Crippen LogP contribution in [-0.4, -0.2) is 15.6 Å². The molecular weight excluding hydrogens is 322 g/mol. The Kier molecular flexibility index (Phi) is 3.09. The number of hydrogen-bond donors (Lipinski definition) is 1. The van der Waals surface area contributed by atoms with Crippen LogP contribution in [0, 0.1) is 0 Å². The number of hydrogen-bond acceptors (Lipinski definition) is 1. The van der Waals surface area contributed by atoms with Crippen LogP contribution in [0.4, 0.5) is 0 Å². The van der Waals surface area contributed by atoms with Gasteiger partial charge in [0, 0.05) is 16.5 Å². The fraction of sp³-hybridized carbons (Fsp3) is 0. The van der Waals surface area contributed by atoms with E-state index in [1.807, 2.05) is 36.4 Å². The van der Waals surface area contributed by atoms with Gasteiger partial charge in [0.1, 0.15) is 0 Å². The monoisotopic (exact) mass is 337 g/mol. The molecule has 1 N–H and O–H groups in total. The predicted octanol–water partition coefficient (Wildman–Crippen LogP) is 5.64. The number of aromatic nitrogens is 1. The predicted molar refractivity (Wildman–Crippen MR) is 105 cm³/mol. The molecule has 0 fully saturated rings. The molecule has 4 aromatic carbocycles. The van der Waals surface area contributed by atoms with Crippen molar-refractivity contribution in [3.8, 4) is 5.69 Å². The summed E-state index contributed by atoms with van der Waals surface area (Å²) in [6.45, 7) is 0. The zero-order valence-corrected chi connectivity index (χ0v) is 13.9. The van der Waals surface area contributed by atoms with Gasteiger partial charge < -0.3 is 9.67 Å². The van der Waals surface area contributed by atoms with Crippen LogP contribution >= 0.6 is 0 Å². The number of carbonyl (C=O) groups is 1. The van der Waals surface area contributed by atoms with Crippen LogP contribution in [0.15, 0.2) is 84.9 Å². The van der Waals surface area contributed by atoms with E-state index in [-0.39, 0.29) is 0 Å². The fourth-order valence-electron chi connectivity index (χ4n) is 3.70. The zero-order valence-electron chi connectivity index (χ0n) is 13.9. The van der Waals surface area contributed by atoms with Crippen LogP contribution in [0.25, 0.3) is 38.3 Å². The van der Waals surface area contributed by atoms with Crippen molar-refractivity contribution in [2.24, 2.45) is 0 Å². The summed E-state index contributed by atoms with van der Waals surface area (Å²) in [7, 11) is 0. The minimum absolute atomic E-state index is 0.305. The number of aromatic carboxylic acids is 1. The number of nitrogens with zero attached hydrogens (tertiary/aromatic N) is 1. The molecule has 3 nitrogen and oxygen atoms in total. The molecule has 0 aliphatic rings. The molecule has 0 radical (unpaired) electrons. The second-order valence-corrected chi connectivity index (χ2v) is 6.42. The molecule has 5 rings (SSSR count). The standard InChI is InChI=1S/C23H15NO2/c25-23(26)17-10-12-22-20(14-17)19-7-3-4-8-21(19)24(22)18-11-9-15-5-1-2-6-16(15)13-18/h1-14H,(H,25,26). The lowest BCUT2D eigenvalue weighted by atomic mass is 10.1. The minimum atomic E-state index is -0.908. The quantitative estimate of drug-likeness (QED) is 0.453. The Hall–Kier alpha value is -3.59. The van der Waals surface area contributed by atoms with Gasteiger partial charge >= 0.3 is 5.97 Å². The van der Waals surface area contributed by atoms with E-state index >= 15 is 0 Å².